The van der Waals surface area contributed by atoms with Gasteiger partial charge in [-0.05, 0) is 30.7 Å². The number of hydrogen-bond donors (Lipinski definition) is 1. The molecule has 0 aliphatic rings. The first-order valence-electron chi connectivity index (χ1n) is 3.70. The third-order valence-electron chi connectivity index (χ3n) is 1.49. The van der Waals surface area contributed by atoms with E-state index >= 15 is 0 Å². The number of ether oxygens (including phenoxy) is 1. The molecule has 0 atom stereocenters. The Bertz CT molecular complexity index is 328. The number of carboxylic acid groups (broad SMARTS) is 1. The number of carboxylic acids is 1. The second kappa shape index (κ2) is 6.82. The van der Waals surface area contributed by atoms with Crippen LogP contribution in [0.25, 0.3) is 0 Å². The molecule has 0 aliphatic carbocycles. The minimum atomic E-state index is -0.991. The summed E-state index contributed by atoms with van der Waals surface area (Å²) >= 11 is 5.71. The molecule has 1 aromatic rings. The van der Waals surface area contributed by atoms with E-state index in [4.69, 9.17) is 21.4 Å². The van der Waals surface area contributed by atoms with Crippen molar-refractivity contribution < 1.29 is 14.6 Å². The van der Waals surface area contributed by atoms with Crippen LogP contribution in [0.1, 0.15) is 5.56 Å². The van der Waals surface area contributed by atoms with Crippen LogP contribution >= 0.6 is 11.6 Å². The minimum absolute atomic E-state index is 0. The first-order valence-corrected chi connectivity index (χ1v) is 4.08. The van der Waals surface area contributed by atoms with E-state index in [1.165, 1.54) is 0 Å². The number of halogens is 1. The zero-order chi connectivity index (χ0) is 9.84. The Morgan fingerprint density at radius 3 is 2.71 bits per heavy atom. The van der Waals surface area contributed by atoms with Gasteiger partial charge in [0.2, 0.25) is 0 Å². The summed E-state index contributed by atoms with van der Waals surface area (Å²) in [5.41, 5.74) is 0.828. The molecule has 1 rings (SSSR count). The summed E-state index contributed by atoms with van der Waals surface area (Å²) in [7, 11) is 0. The zero-order valence-electron chi connectivity index (χ0n) is 8.08. The van der Waals surface area contributed by atoms with Gasteiger partial charge in [0.15, 0.2) is 6.61 Å². The maximum absolute atomic E-state index is 10.2. The Hall–Kier alpha value is 0.416. The van der Waals surface area contributed by atoms with Gasteiger partial charge in [0.1, 0.15) is 5.75 Å². The van der Waals surface area contributed by atoms with Crippen molar-refractivity contribution in [3.8, 4) is 5.75 Å². The largest absolute Gasteiger partial charge is 0.482 e. The summed E-state index contributed by atoms with van der Waals surface area (Å²) in [5, 5.41) is 8.98. The molecule has 0 bridgehead atoms. The molecule has 0 spiro atoms. The van der Waals surface area contributed by atoms with Gasteiger partial charge in [-0.15, -0.1) is 0 Å². The standard InChI is InChI=1S/C9H9ClO3.K/c1-6-4-7(10)2-3-8(6)13-5-9(11)12;/h2-4H,5H2,1H3,(H,11,12);. The Kier molecular flexibility index (Phi) is 7.02. The van der Waals surface area contributed by atoms with Crippen LogP contribution in [0, 0.1) is 6.92 Å². The molecule has 14 heavy (non-hydrogen) atoms. The van der Waals surface area contributed by atoms with Gasteiger partial charge >= 0.3 is 5.97 Å². The van der Waals surface area contributed by atoms with E-state index in [1.54, 1.807) is 18.2 Å². The molecule has 3 nitrogen and oxygen atoms in total. The van der Waals surface area contributed by atoms with Crippen LogP contribution in [0.15, 0.2) is 18.2 Å². The van der Waals surface area contributed by atoms with Crippen molar-refractivity contribution in [3.63, 3.8) is 0 Å². The van der Waals surface area contributed by atoms with Gasteiger partial charge in [0, 0.05) is 56.4 Å². The molecule has 0 unspecified atom stereocenters. The zero-order valence-corrected chi connectivity index (χ0v) is 12.0. The number of aliphatic carboxylic acids is 1. The molecule has 0 heterocycles. The predicted molar refractivity (Wildman–Crippen MR) is 55.1 cm³/mol. The fraction of sp³-hybridized carbons (Fsp3) is 0.222. The second-order valence-electron chi connectivity index (χ2n) is 2.59. The van der Waals surface area contributed by atoms with Crippen LogP contribution in [0.2, 0.25) is 5.02 Å². The molecule has 0 saturated carbocycles. The third-order valence-corrected chi connectivity index (χ3v) is 1.72. The predicted octanol–water partition coefficient (Wildman–Crippen LogP) is 1.73. The number of benzene rings is 1. The molecule has 0 amide bonds. The monoisotopic (exact) mass is 239 g/mol. The Morgan fingerprint density at radius 2 is 2.21 bits per heavy atom. The van der Waals surface area contributed by atoms with Crippen LogP contribution in [0.5, 0.6) is 5.75 Å². The van der Waals surface area contributed by atoms with Crippen LogP contribution in [0.3, 0.4) is 0 Å². The average molecular weight is 240 g/mol. The van der Waals surface area contributed by atoms with E-state index in [1.807, 2.05) is 6.92 Å². The molecule has 0 fully saturated rings. The van der Waals surface area contributed by atoms with Gasteiger partial charge < -0.3 is 9.84 Å². The van der Waals surface area contributed by atoms with E-state index in [9.17, 15) is 4.79 Å². The number of rotatable bonds is 3. The molecule has 0 aromatic heterocycles. The van der Waals surface area contributed by atoms with Crippen molar-refractivity contribution >= 4 is 69.0 Å². The van der Waals surface area contributed by atoms with Crippen molar-refractivity contribution in [2.75, 3.05) is 6.61 Å². The maximum Gasteiger partial charge on any atom is 0.341 e. The van der Waals surface area contributed by atoms with E-state index in [2.05, 4.69) is 0 Å². The summed E-state index contributed by atoms with van der Waals surface area (Å²) in [5.74, 6) is -0.443. The molecule has 1 aromatic carbocycles. The van der Waals surface area contributed by atoms with Crippen molar-refractivity contribution in [1.29, 1.82) is 0 Å². The quantitative estimate of drug-likeness (QED) is 0.818. The summed E-state index contributed by atoms with van der Waals surface area (Å²) in [6.07, 6.45) is 0. The fourth-order valence-corrected chi connectivity index (χ4v) is 1.14. The summed E-state index contributed by atoms with van der Waals surface area (Å²) in [6, 6.07) is 5.03. The third kappa shape index (κ3) is 4.77. The Morgan fingerprint density at radius 1 is 1.57 bits per heavy atom. The van der Waals surface area contributed by atoms with Gasteiger partial charge in [0.05, 0.1) is 0 Å². The molecule has 1 radical (unpaired) electrons. The second-order valence-corrected chi connectivity index (χ2v) is 3.03. The fourth-order valence-electron chi connectivity index (χ4n) is 0.914. The molecule has 5 heteroatoms. The number of carbonyl (C=O) groups is 1. The number of hydrogen-bond acceptors (Lipinski definition) is 2. The normalized spacial score (nSPS) is 9.00. The van der Waals surface area contributed by atoms with Crippen molar-refractivity contribution in [1.82, 2.24) is 0 Å². The first-order chi connectivity index (χ1) is 6.09. The van der Waals surface area contributed by atoms with Gasteiger partial charge in [0.25, 0.3) is 0 Å². The number of aryl methyl sites for hydroxylation is 1. The first kappa shape index (κ1) is 14.4. The smallest absolute Gasteiger partial charge is 0.341 e. The van der Waals surface area contributed by atoms with Crippen molar-refractivity contribution in [3.05, 3.63) is 28.8 Å². The summed E-state index contributed by atoms with van der Waals surface area (Å²) in [6.45, 7) is 1.48. The Labute approximate surface area is 130 Å². The maximum atomic E-state index is 10.2. The Balaban J connectivity index is 0.00000169. The molecular weight excluding hydrogens is 231 g/mol. The van der Waals surface area contributed by atoms with Gasteiger partial charge in [-0.2, -0.15) is 0 Å². The van der Waals surface area contributed by atoms with E-state index in [0.717, 1.165) is 5.56 Å². The van der Waals surface area contributed by atoms with Crippen molar-refractivity contribution in [2.24, 2.45) is 0 Å². The van der Waals surface area contributed by atoms with Crippen LogP contribution < -0.4 is 4.74 Å². The summed E-state index contributed by atoms with van der Waals surface area (Å²) in [4.78, 5) is 10.2. The van der Waals surface area contributed by atoms with Gasteiger partial charge in [-0.25, -0.2) is 4.79 Å². The van der Waals surface area contributed by atoms with Crippen LogP contribution in [-0.4, -0.2) is 69.1 Å². The van der Waals surface area contributed by atoms with E-state index in [0.29, 0.717) is 10.8 Å². The van der Waals surface area contributed by atoms with Crippen molar-refractivity contribution in [2.45, 2.75) is 6.92 Å². The van der Waals surface area contributed by atoms with Crippen LogP contribution in [-0.2, 0) is 4.79 Å². The molecule has 1 N–H and O–H groups in total. The van der Waals surface area contributed by atoms with E-state index < -0.39 is 5.97 Å². The molecule has 0 aliphatic heterocycles. The SMILES string of the molecule is Cc1cc(Cl)ccc1OCC(=O)O.[K]. The molecule has 0 saturated heterocycles. The van der Waals surface area contributed by atoms with Gasteiger partial charge in [-0.3, -0.25) is 0 Å². The van der Waals surface area contributed by atoms with Gasteiger partial charge in [-0.1, -0.05) is 11.6 Å². The summed E-state index contributed by atoms with van der Waals surface area (Å²) < 4.78 is 5.00. The molecule has 71 valence electrons. The minimum Gasteiger partial charge on any atom is -0.482 e. The van der Waals surface area contributed by atoms with E-state index in [-0.39, 0.29) is 58.0 Å². The topological polar surface area (TPSA) is 46.5 Å². The van der Waals surface area contributed by atoms with Crippen LogP contribution in [0.4, 0.5) is 0 Å². The molecular formula is C9H9ClKO3. The average Bonchev–Trinajstić information content (AvgIpc) is 2.02.